The number of aromatic nitrogens is 2. The maximum absolute atomic E-state index is 12.1. The summed E-state index contributed by atoms with van der Waals surface area (Å²) in [5.74, 6) is -0.121. The molecule has 0 unspecified atom stereocenters. The van der Waals surface area contributed by atoms with E-state index in [-0.39, 0.29) is 11.8 Å². The van der Waals surface area contributed by atoms with Crippen molar-refractivity contribution in [2.24, 2.45) is 0 Å². The van der Waals surface area contributed by atoms with Crippen LogP contribution in [0.4, 0.5) is 0 Å². The van der Waals surface area contributed by atoms with Crippen LogP contribution in [0.5, 0.6) is 0 Å². The summed E-state index contributed by atoms with van der Waals surface area (Å²) in [5, 5.41) is 2.53. The van der Waals surface area contributed by atoms with E-state index >= 15 is 0 Å². The van der Waals surface area contributed by atoms with E-state index in [1.165, 1.54) is 0 Å². The molecule has 0 spiro atoms. The molecule has 0 bridgehead atoms. The van der Waals surface area contributed by atoms with Crippen molar-refractivity contribution in [3.63, 3.8) is 0 Å². The molecular weight excluding hydrogens is 404 g/mol. The quantitative estimate of drug-likeness (QED) is 0.765. The smallest absolute Gasteiger partial charge is 0.272 e. The Hall–Kier alpha value is -2.80. The molecule has 7 heteroatoms. The van der Waals surface area contributed by atoms with Crippen LogP contribution < -0.4 is 5.32 Å². The molecule has 0 aromatic carbocycles. The van der Waals surface area contributed by atoms with Crippen molar-refractivity contribution in [1.82, 2.24) is 20.2 Å². The minimum atomic E-state index is -0.134. The van der Waals surface area contributed by atoms with Crippen LogP contribution in [-0.2, 0) is 17.6 Å². The number of morpholine rings is 1. The molecule has 0 atom stereocenters. The number of carbonyl (C=O) groups is 2. The highest BCUT2D eigenvalue weighted by Gasteiger charge is 2.19. The lowest BCUT2D eigenvalue weighted by Gasteiger charge is -2.26. The van der Waals surface area contributed by atoms with Gasteiger partial charge in [0.2, 0.25) is 0 Å². The number of nitrogens with zero attached hydrogens (tertiary/aromatic N) is 3. The van der Waals surface area contributed by atoms with E-state index in [1.54, 1.807) is 24.1 Å². The number of ether oxygens (including phenoxy) is 1. The number of rotatable bonds is 4. The zero-order valence-electron chi connectivity index (χ0n) is 20.8. The SMILES string of the molecule is CC.CC.CCc1cccc(C(=O)N2CCOCC2)n1.CCc1cccc(C(=O)NC)n1. The molecule has 0 aliphatic carbocycles. The Bertz CT molecular complexity index is 790. The van der Waals surface area contributed by atoms with Crippen molar-refractivity contribution in [3.8, 4) is 0 Å². The number of carbonyl (C=O) groups excluding carboxylic acids is 2. The van der Waals surface area contributed by atoms with E-state index in [9.17, 15) is 9.59 Å². The second kappa shape index (κ2) is 17.8. The Kier molecular flexibility index (Phi) is 16.3. The summed E-state index contributed by atoms with van der Waals surface area (Å²) in [6.45, 7) is 14.6. The number of amides is 2. The summed E-state index contributed by atoms with van der Waals surface area (Å²) in [6, 6.07) is 11.1. The molecule has 1 aliphatic heterocycles. The van der Waals surface area contributed by atoms with Gasteiger partial charge in [0.05, 0.1) is 13.2 Å². The Morgan fingerprint density at radius 2 is 1.34 bits per heavy atom. The summed E-state index contributed by atoms with van der Waals surface area (Å²) >= 11 is 0. The molecular formula is C25H40N4O3. The van der Waals surface area contributed by atoms with Crippen LogP contribution in [0.2, 0.25) is 0 Å². The summed E-state index contributed by atoms with van der Waals surface area (Å²) in [6.07, 6.45) is 1.70. The lowest BCUT2D eigenvalue weighted by Crippen LogP contribution is -2.41. The van der Waals surface area contributed by atoms with Gasteiger partial charge in [0, 0.05) is 31.5 Å². The van der Waals surface area contributed by atoms with Crippen LogP contribution in [0, 0.1) is 0 Å². The largest absolute Gasteiger partial charge is 0.378 e. The highest BCUT2D eigenvalue weighted by atomic mass is 16.5. The summed E-state index contributed by atoms with van der Waals surface area (Å²) in [5.41, 5.74) is 2.92. The van der Waals surface area contributed by atoms with Crippen LogP contribution in [0.25, 0.3) is 0 Å². The molecule has 7 nitrogen and oxygen atoms in total. The average molecular weight is 445 g/mol. The summed E-state index contributed by atoms with van der Waals surface area (Å²) in [7, 11) is 1.60. The molecule has 2 aromatic rings. The number of nitrogens with one attached hydrogen (secondary N) is 1. The van der Waals surface area contributed by atoms with Gasteiger partial charge in [0.15, 0.2) is 0 Å². The van der Waals surface area contributed by atoms with Crippen molar-refractivity contribution >= 4 is 11.8 Å². The predicted octanol–water partition coefficient (Wildman–Crippen LogP) is 4.17. The van der Waals surface area contributed by atoms with Crippen molar-refractivity contribution in [2.75, 3.05) is 33.4 Å². The van der Waals surface area contributed by atoms with Gasteiger partial charge in [-0.2, -0.15) is 0 Å². The first-order valence-electron chi connectivity index (χ1n) is 11.6. The second-order valence-electron chi connectivity index (χ2n) is 6.22. The van der Waals surface area contributed by atoms with Crippen molar-refractivity contribution in [3.05, 3.63) is 59.2 Å². The van der Waals surface area contributed by atoms with E-state index in [0.29, 0.717) is 37.7 Å². The first-order valence-corrected chi connectivity index (χ1v) is 11.6. The van der Waals surface area contributed by atoms with E-state index in [1.807, 2.05) is 65.8 Å². The average Bonchev–Trinajstić information content (AvgIpc) is 2.91. The first kappa shape index (κ1) is 29.2. The highest BCUT2D eigenvalue weighted by molar-refractivity contribution is 5.92. The van der Waals surface area contributed by atoms with E-state index < -0.39 is 0 Å². The zero-order valence-corrected chi connectivity index (χ0v) is 20.8. The van der Waals surface area contributed by atoms with Crippen molar-refractivity contribution in [2.45, 2.75) is 54.4 Å². The molecule has 2 amide bonds. The normalized spacial score (nSPS) is 12.0. The molecule has 32 heavy (non-hydrogen) atoms. The maximum Gasteiger partial charge on any atom is 0.272 e. The maximum atomic E-state index is 12.1. The van der Waals surface area contributed by atoms with E-state index in [2.05, 4.69) is 15.3 Å². The Balaban J connectivity index is 0.000000536. The fourth-order valence-corrected chi connectivity index (χ4v) is 2.66. The van der Waals surface area contributed by atoms with Crippen LogP contribution in [0.1, 0.15) is 73.9 Å². The molecule has 1 aliphatic rings. The number of hydrogen-bond donors (Lipinski definition) is 1. The third-order valence-corrected chi connectivity index (χ3v) is 4.32. The van der Waals surface area contributed by atoms with Crippen LogP contribution in [-0.4, -0.2) is 60.0 Å². The van der Waals surface area contributed by atoms with Crippen LogP contribution >= 0.6 is 0 Å². The van der Waals surface area contributed by atoms with Crippen molar-refractivity contribution in [1.29, 1.82) is 0 Å². The molecule has 1 fully saturated rings. The molecule has 2 aromatic heterocycles. The Labute approximate surface area is 193 Å². The van der Waals surface area contributed by atoms with Gasteiger partial charge >= 0.3 is 0 Å². The predicted molar refractivity (Wildman–Crippen MR) is 130 cm³/mol. The highest BCUT2D eigenvalue weighted by Crippen LogP contribution is 2.06. The second-order valence-corrected chi connectivity index (χ2v) is 6.22. The number of aryl methyl sites for hydroxylation is 2. The minimum absolute atomic E-state index is 0.0126. The molecule has 178 valence electrons. The van der Waals surface area contributed by atoms with Gasteiger partial charge in [-0.25, -0.2) is 9.97 Å². The van der Waals surface area contributed by atoms with Gasteiger partial charge in [0.1, 0.15) is 11.4 Å². The lowest BCUT2D eigenvalue weighted by molar-refractivity contribution is 0.0299. The van der Waals surface area contributed by atoms with Gasteiger partial charge in [-0.05, 0) is 37.1 Å². The van der Waals surface area contributed by atoms with Gasteiger partial charge in [-0.1, -0.05) is 53.7 Å². The Morgan fingerprint density at radius 1 is 0.875 bits per heavy atom. The van der Waals surface area contributed by atoms with Gasteiger partial charge in [0.25, 0.3) is 11.8 Å². The lowest BCUT2D eigenvalue weighted by atomic mass is 10.2. The molecule has 0 saturated carbocycles. The third kappa shape index (κ3) is 10.0. The van der Waals surface area contributed by atoms with Crippen LogP contribution in [0.3, 0.4) is 0 Å². The van der Waals surface area contributed by atoms with E-state index in [4.69, 9.17) is 4.74 Å². The molecule has 1 saturated heterocycles. The topological polar surface area (TPSA) is 84.4 Å². The fraction of sp³-hybridized carbons (Fsp3) is 0.520. The summed E-state index contributed by atoms with van der Waals surface area (Å²) in [4.78, 5) is 33.5. The first-order chi connectivity index (χ1) is 15.6. The number of pyridine rings is 2. The molecule has 3 rings (SSSR count). The molecule has 0 radical (unpaired) electrons. The summed E-state index contributed by atoms with van der Waals surface area (Å²) < 4.78 is 5.22. The van der Waals surface area contributed by atoms with E-state index in [0.717, 1.165) is 24.2 Å². The van der Waals surface area contributed by atoms with Gasteiger partial charge < -0.3 is 15.0 Å². The zero-order chi connectivity index (χ0) is 24.4. The van der Waals surface area contributed by atoms with Gasteiger partial charge in [-0.3, -0.25) is 9.59 Å². The molecule has 3 heterocycles. The molecule has 1 N–H and O–H groups in total. The fourth-order valence-electron chi connectivity index (χ4n) is 2.66. The monoisotopic (exact) mass is 444 g/mol. The van der Waals surface area contributed by atoms with Crippen molar-refractivity contribution < 1.29 is 14.3 Å². The van der Waals surface area contributed by atoms with Crippen LogP contribution in [0.15, 0.2) is 36.4 Å². The Morgan fingerprint density at radius 3 is 1.81 bits per heavy atom. The van der Waals surface area contributed by atoms with Gasteiger partial charge in [-0.15, -0.1) is 0 Å². The minimum Gasteiger partial charge on any atom is -0.378 e. The standard InChI is InChI=1S/C12H16N2O2.C9H12N2O.2C2H6/c1-2-10-4-3-5-11(13-10)12(15)14-6-8-16-9-7-14;1-3-7-5-4-6-8(11-7)9(12)10-2;2*1-2/h3-5H,2,6-9H2,1H3;4-6H,3H2,1-2H3,(H,10,12);2*1-2H3. The third-order valence-electron chi connectivity index (χ3n) is 4.32. The number of hydrogen-bond acceptors (Lipinski definition) is 5.